The minimum atomic E-state index is 0.388. The van der Waals surface area contributed by atoms with Gasteiger partial charge in [-0.25, -0.2) is 0 Å². The Morgan fingerprint density at radius 3 is 2.56 bits per heavy atom. The third kappa shape index (κ3) is 3.74. The van der Waals surface area contributed by atoms with Crippen molar-refractivity contribution in [2.75, 3.05) is 6.61 Å². The first kappa shape index (κ1) is 12.4. The maximum absolute atomic E-state index is 8.96. The molecule has 2 fully saturated rings. The highest BCUT2D eigenvalue weighted by molar-refractivity contribution is 4.94. The van der Waals surface area contributed by atoms with E-state index in [0.717, 1.165) is 5.92 Å². The van der Waals surface area contributed by atoms with Crippen molar-refractivity contribution in [2.45, 2.75) is 70.5 Å². The van der Waals surface area contributed by atoms with Crippen molar-refractivity contribution in [2.24, 2.45) is 11.8 Å². The number of rotatable bonds is 9. The standard InChI is InChI=1S/C14H26O2/c1-2-3-4-5-6-7-13-14(16-13)9-11-8-12(11)10-15/h11-15H,2-10H2,1H3. The Labute approximate surface area is 99.4 Å². The summed E-state index contributed by atoms with van der Waals surface area (Å²) in [6, 6.07) is 0. The lowest BCUT2D eigenvalue weighted by Crippen LogP contribution is -1.98. The van der Waals surface area contributed by atoms with Crippen molar-refractivity contribution in [1.29, 1.82) is 0 Å². The number of aliphatic hydroxyl groups excluding tert-OH is 1. The molecule has 0 aromatic carbocycles. The fourth-order valence-corrected chi connectivity index (χ4v) is 2.71. The Morgan fingerprint density at radius 1 is 1.06 bits per heavy atom. The molecule has 4 unspecified atom stereocenters. The smallest absolute Gasteiger partial charge is 0.0844 e. The van der Waals surface area contributed by atoms with E-state index < -0.39 is 0 Å². The molecular formula is C14H26O2. The molecule has 2 rings (SSSR count). The Balaban J connectivity index is 1.42. The second-order valence-corrected chi connectivity index (χ2v) is 5.59. The maximum atomic E-state index is 8.96. The SMILES string of the molecule is CCCCCCCC1OC1CC1CC1CO. The van der Waals surface area contributed by atoms with Crippen molar-refractivity contribution in [3.8, 4) is 0 Å². The van der Waals surface area contributed by atoms with Crippen LogP contribution in [0.2, 0.25) is 0 Å². The molecule has 2 nitrogen and oxygen atoms in total. The van der Waals surface area contributed by atoms with Gasteiger partial charge in [0, 0.05) is 6.61 Å². The summed E-state index contributed by atoms with van der Waals surface area (Å²) in [6.45, 7) is 2.65. The van der Waals surface area contributed by atoms with E-state index >= 15 is 0 Å². The monoisotopic (exact) mass is 226 g/mol. The Kier molecular flexibility index (Phi) is 4.66. The van der Waals surface area contributed by atoms with Gasteiger partial charge in [-0.3, -0.25) is 0 Å². The van der Waals surface area contributed by atoms with Gasteiger partial charge < -0.3 is 9.84 Å². The zero-order valence-corrected chi connectivity index (χ0v) is 10.5. The molecule has 0 aromatic heterocycles. The van der Waals surface area contributed by atoms with Crippen LogP contribution in [0.1, 0.15) is 58.3 Å². The molecule has 0 radical (unpaired) electrons. The highest BCUT2D eigenvalue weighted by atomic mass is 16.6. The molecular weight excluding hydrogens is 200 g/mol. The van der Waals surface area contributed by atoms with Crippen LogP contribution >= 0.6 is 0 Å². The van der Waals surface area contributed by atoms with Crippen LogP contribution in [0, 0.1) is 11.8 Å². The van der Waals surface area contributed by atoms with Gasteiger partial charge in [0.25, 0.3) is 0 Å². The number of epoxide rings is 1. The van der Waals surface area contributed by atoms with Crippen molar-refractivity contribution >= 4 is 0 Å². The second-order valence-electron chi connectivity index (χ2n) is 5.59. The minimum Gasteiger partial charge on any atom is -0.396 e. The second kappa shape index (κ2) is 6.02. The first-order chi connectivity index (χ1) is 7.85. The number of unbranched alkanes of at least 4 members (excludes halogenated alkanes) is 4. The Bertz CT molecular complexity index is 205. The van der Waals surface area contributed by atoms with Crippen LogP contribution in [0.4, 0.5) is 0 Å². The summed E-state index contributed by atoms with van der Waals surface area (Å²) >= 11 is 0. The number of hydrogen-bond acceptors (Lipinski definition) is 2. The van der Waals surface area contributed by atoms with Crippen molar-refractivity contribution < 1.29 is 9.84 Å². The quantitative estimate of drug-likeness (QED) is 0.484. The number of aliphatic hydroxyl groups is 1. The largest absolute Gasteiger partial charge is 0.396 e. The summed E-state index contributed by atoms with van der Waals surface area (Å²) in [5, 5.41) is 8.96. The van der Waals surface area contributed by atoms with Crippen LogP contribution in [0.5, 0.6) is 0 Å². The van der Waals surface area contributed by atoms with E-state index in [1.165, 1.54) is 51.4 Å². The highest BCUT2D eigenvalue weighted by Gasteiger charge is 2.45. The third-order valence-electron chi connectivity index (χ3n) is 4.12. The molecule has 2 heteroatoms. The molecule has 1 aliphatic carbocycles. The predicted octanol–water partition coefficient (Wildman–Crippen LogP) is 3.13. The number of ether oxygens (including phenoxy) is 1. The van der Waals surface area contributed by atoms with Gasteiger partial charge in [0.05, 0.1) is 12.2 Å². The zero-order chi connectivity index (χ0) is 11.4. The van der Waals surface area contributed by atoms with E-state index in [9.17, 15) is 0 Å². The topological polar surface area (TPSA) is 32.8 Å². The number of hydrogen-bond donors (Lipinski definition) is 1. The van der Waals surface area contributed by atoms with Gasteiger partial charge in [-0.2, -0.15) is 0 Å². The van der Waals surface area contributed by atoms with Gasteiger partial charge >= 0.3 is 0 Å². The van der Waals surface area contributed by atoms with Crippen LogP contribution in [-0.4, -0.2) is 23.9 Å². The van der Waals surface area contributed by atoms with E-state index in [1.54, 1.807) is 0 Å². The average Bonchev–Trinajstić information content (AvgIpc) is 3.18. The molecule has 2 aliphatic rings. The zero-order valence-electron chi connectivity index (χ0n) is 10.5. The molecule has 1 N–H and O–H groups in total. The van der Waals surface area contributed by atoms with Gasteiger partial charge in [0.1, 0.15) is 0 Å². The minimum absolute atomic E-state index is 0.388. The summed E-state index contributed by atoms with van der Waals surface area (Å²) in [5.41, 5.74) is 0. The van der Waals surface area contributed by atoms with Gasteiger partial charge in [-0.15, -0.1) is 0 Å². The molecule has 1 saturated heterocycles. The molecule has 94 valence electrons. The van der Waals surface area contributed by atoms with E-state index in [4.69, 9.17) is 9.84 Å². The van der Waals surface area contributed by atoms with Gasteiger partial charge in [-0.1, -0.05) is 39.0 Å². The first-order valence-electron chi connectivity index (χ1n) is 7.11. The Morgan fingerprint density at radius 2 is 1.88 bits per heavy atom. The van der Waals surface area contributed by atoms with Gasteiger partial charge in [0.2, 0.25) is 0 Å². The molecule has 16 heavy (non-hydrogen) atoms. The summed E-state index contributed by atoms with van der Waals surface area (Å²) in [4.78, 5) is 0. The van der Waals surface area contributed by atoms with Gasteiger partial charge in [0.15, 0.2) is 0 Å². The fraction of sp³-hybridized carbons (Fsp3) is 1.00. The van der Waals surface area contributed by atoms with E-state index in [0.29, 0.717) is 24.7 Å². The summed E-state index contributed by atoms with van der Waals surface area (Å²) in [6.07, 6.45) is 11.7. The third-order valence-corrected chi connectivity index (χ3v) is 4.12. The molecule has 0 aromatic rings. The van der Waals surface area contributed by atoms with Crippen LogP contribution in [0.25, 0.3) is 0 Å². The molecule has 1 heterocycles. The van der Waals surface area contributed by atoms with Gasteiger partial charge in [-0.05, 0) is 31.1 Å². The summed E-state index contributed by atoms with van der Waals surface area (Å²) < 4.78 is 5.69. The van der Waals surface area contributed by atoms with E-state index in [2.05, 4.69) is 6.92 Å². The first-order valence-corrected chi connectivity index (χ1v) is 7.11. The lowest BCUT2D eigenvalue weighted by Gasteiger charge is -1.97. The van der Waals surface area contributed by atoms with Crippen LogP contribution in [0.3, 0.4) is 0 Å². The van der Waals surface area contributed by atoms with E-state index in [-0.39, 0.29) is 0 Å². The molecule has 1 saturated carbocycles. The Hall–Kier alpha value is -0.0800. The fourth-order valence-electron chi connectivity index (χ4n) is 2.71. The average molecular weight is 226 g/mol. The molecule has 0 amide bonds. The predicted molar refractivity (Wildman–Crippen MR) is 65.3 cm³/mol. The van der Waals surface area contributed by atoms with Crippen LogP contribution < -0.4 is 0 Å². The van der Waals surface area contributed by atoms with Crippen LogP contribution in [-0.2, 0) is 4.74 Å². The molecule has 0 spiro atoms. The lowest BCUT2D eigenvalue weighted by atomic mass is 10.1. The van der Waals surface area contributed by atoms with Crippen molar-refractivity contribution in [3.05, 3.63) is 0 Å². The molecule has 4 atom stereocenters. The summed E-state index contributed by atoms with van der Waals surface area (Å²) in [7, 11) is 0. The van der Waals surface area contributed by atoms with Crippen molar-refractivity contribution in [3.63, 3.8) is 0 Å². The maximum Gasteiger partial charge on any atom is 0.0844 e. The lowest BCUT2D eigenvalue weighted by molar-refractivity contribution is 0.264. The van der Waals surface area contributed by atoms with Crippen molar-refractivity contribution in [1.82, 2.24) is 0 Å². The van der Waals surface area contributed by atoms with E-state index in [1.807, 2.05) is 0 Å². The van der Waals surface area contributed by atoms with Crippen LogP contribution in [0.15, 0.2) is 0 Å². The molecule has 0 bridgehead atoms. The normalized spacial score (nSPS) is 36.4. The summed E-state index contributed by atoms with van der Waals surface area (Å²) in [5.74, 6) is 1.38. The molecule has 1 aliphatic heterocycles. The highest BCUT2D eigenvalue weighted by Crippen LogP contribution is 2.46.